The molecule has 2 aromatic rings. The lowest BCUT2D eigenvalue weighted by molar-refractivity contribution is 0.600. The monoisotopic (exact) mass is 279 g/mol. The zero-order valence-corrected chi connectivity index (χ0v) is 12.2. The van der Waals surface area contributed by atoms with Crippen molar-refractivity contribution >= 4 is 15.7 Å². The second-order valence-electron chi connectivity index (χ2n) is 4.57. The van der Waals surface area contributed by atoms with Gasteiger partial charge >= 0.3 is 0 Å². The van der Waals surface area contributed by atoms with Crippen LogP contribution in [0, 0.1) is 20.8 Å². The van der Waals surface area contributed by atoms with Gasteiger partial charge in [-0.3, -0.25) is 9.40 Å². The van der Waals surface area contributed by atoms with Crippen molar-refractivity contribution in [3.63, 3.8) is 0 Å². The third kappa shape index (κ3) is 2.49. The highest BCUT2D eigenvalue weighted by Crippen LogP contribution is 2.23. The molecule has 0 spiro atoms. The minimum atomic E-state index is -3.60. The Morgan fingerprint density at radius 2 is 1.89 bits per heavy atom. The lowest BCUT2D eigenvalue weighted by Gasteiger charge is -2.11. The fourth-order valence-corrected chi connectivity index (χ4v) is 3.13. The van der Waals surface area contributed by atoms with E-state index < -0.39 is 10.0 Å². The maximum atomic E-state index is 12.3. The summed E-state index contributed by atoms with van der Waals surface area (Å²) >= 11 is 0. The first-order valence-corrected chi connectivity index (χ1v) is 7.39. The maximum absolute atomic E-state index is 12.3. The second kappa shape index (κ2) is 4.70. The quantitative estimate of drug-likeness (QED) is 0.936. The van der Waals surface area contributed by atoms with Gasteiger partial charge in [0.15, 0.2) is 0 Å². The number of nitrogens with zero attached hydrogens (tertiary/aromatic N) is 2. The number of hydrogen-bond donors (Lipinski definition) is 1. The van der Waals surface area contributed by atoms with Crippen molar-refractivity contribution in [3.8, 4) is 0 Å². The Bertz CT molecular complexity index is 717. The maximum Gasteiger partial charge on any atom is 0.265 e. The van der Waals surface area contributed by atoms with Crippen molar-refractivity contribution in [1.29, 1.82) is 0 Å². The Hall–Kier alpha value is -1.82. The van der Waals surface area contributed by atoms with E-state index in [9.17, 15) is 8.42 Å². The zero-order chi connectivity index (χ0) is 14.2. The standard InChI is InChI=1S/C13H17N3O2S/c1-9-6-5-7-12(10(9)2)15-19(17,18)13-8-14-16(4)11(13)3/h5-8,15H,1-4H3. The summed E-state index contributed by atoms with van der Waals surface area (Å²) in [4.78, 5) is 0.205. The van der Waals surface area contributed by atoms with Crippen LogP contribution in [0.5, 0.6) is 0 Å². The first-order chi connectivity index (χ1) is 8.83. The highest BCUT2D eigenvalue weighted by molar-refractivity contribution is 7.92. The molecule has 19 heavy (non-hydrogen) atoms. The molecule has 0 saturated heterocycles. The topological polar surface area (TPSA) is 64.0 Å². The van der Waals surface area contributed by atoms with Crippen molar-refractivity contribution in [2.75, 3.05) is 4.72 Å². The van der Waals surface area contributed by atoms with Crippen LogP contribution in [0.2, 0.25) is 0 Å². The zero-order valence-electron chi connectivity index (χ0n) is 11.4. The molecule has 0 aliphatic rings. The van der Waals surface area contributed by atoms with Gasteiger partial charge in [-0.2, -0.15) is 5.10 Å². The predicted molar refractivity (Wildman–Crippen MR) is 74.7 cm³/mol. The summed E-state index contributed by atoms with van der Waals surface area (Å²) in [5.41, 5.74) is 3.18. The van der Waals surface area contributed by atoms with Gasteiger partial charge in [0.2, 0.25) is 0 Å². The number of rotatable bonds is 3. The van der Waals surface area contributed by atoms with Gasteiger partial charge in [0.1, 0.15) is 4.90 Å². The first-order valence-electron chi connectivity index (χ1n) is 5.90. The van der Waals surface area contributed by atoms with Crippen LogP contribution in [0.15, 0.2) is 29.3 Å². The number of aromatic nitrogens is 2. The summed E-state index contributed by atoms with van der Waals surface area (Å²) < 4.78 is 28.8. The third-order valence-corrected chi connectivity index (χ3v) is 4.80. The number of aryl methyl sites for hydroxylation is 2. The van der Waals surface area contributed by atoms with E-state index in [2.05, 4.69) is 9.82 Å². The SMILES string of the molecule is Cc1cccc(NS(=O)(=O)c2cnn(C)c2C)c1C. The van der Waals surface area contributed by atoms with E-state index in [4.69, 9.17) is 0 Å². The van der Waals surface area contributed by atoms with E-state index in [0.717, 1.165) is 11.1 Å². The number of sulfonamides is 1. The summed E-state index contributed by atoms with van der Waals surface area (Å²) in [5, 5.41) is 3.96. The molecule has 0 aliphatic heterocycles. The molecule has 0 atom stereocenters. The highest BCUT2D eigenvalue weighted by Gasteiger charge is 2.20. The van der Waals surface area contributed by atoms with Gasteiger partial charge in [-0.1, -0.05) is 12.1 Å². The van der Waals surface area contributed by atoms with Gasteiger partial charge in [0.05, 0.1) is 17.6 Å². The molecule has 0 saturated carbocycles. The Morgan fingerprint density at radius 1 is 1.21 bits per heavy atom. The molecule has 0 amide bonds. The molecule has 0 aliphatic carbocycles. The predicted octanol–water partition coefficient (Wildman–Crippen LogP) is 2.15. The van der Waals surface area contributed by atoms with Crippen LogP contribution in [0.4, 0.5) is 5.69 Å². The summed E-state index contributed by atoms with van der Waals surface area (Å²) in [5.74, 6) is 0. The normalized spacial score (nSPS) is 11.6. The molecule has 1 heterocycles. The number of anilines is 1. The van der Waals surface area contributed by atoms with E-state index in [1.807, 2.05) is 26.0 Å². The van der Waals surface area contributed by atoms with Crippen molar-refractivity contribution < 1.29 is 8.42 Å². The van der Waals surface area contributed by atoms with E-state index >= 15 is 0 Å². The molecule has 6 heteroatoms. The van der Waals surface area contributed by atoms with Gasteiger partial charge < -0.3 is 0 Å². The molecule has 0 bridgehead atoms. The van der Waals surface area contributed by atoms with Gasteiger partial charge in [-0.15, -0.1) is 0 Å². The lowest BCUT2D eigenvalue weighted by atomic mass is 10.1. The van der Waals surface area contributed by atoms with E-state index in [1.165, 1.54) is 10.9 Å². The lowest BCUT2D eigenvalue weighted by Crippen LogP contribution is -2.14. The van der Waals surface area contributed by atoms with Crippen LogP contribution >= 0.6 is 0 Å². The first kappa shape index (κ1) is 13.6. The molecule has 1 N–H and O–H groups in total. The molecular weight excluding hydrogens is 262 g/mol. The molecular formula is C13H17N3O2S. The van der Waals surface area contributed by atoms with E-state index in [1.54, 1.807) is 20.0 Å². The molecule has 0 unspecified atom stereocenters. The van der Waals surface area contributed by atoms with Crippen molar-refractivity contribution in [3.05, 3.63) is 41.2 Å². The van der Waals surface area contributed by atoms with Gasteiger partial charge in [0, 0.05) is 7.05 Å². The summed E-state index contributed by atoms with van der Waals surface area (Å²) in [6.45, 7) is 5.57. The largest absolute Gasteiger partial charge is 0.279 e. The minimum absolute atomic E-state index is 0.205. The van der Waals surface area contributed by atoms with Gasteiger partial charge in [0.25, 0.3) is 10.0 Å². The van der Waals surface area contributed by atoms with Crippen LogP contribution in [0.25, 0.3) is 0 Å². The smallest absolute Gasteiger partial charge is 0.265 e. The number of hydrogen-bond acceptors (Lipinski definition) is 3. The average molecular weight is 279 g/mol. The molecule has 0 radical (unpaired) electrons. The summed E-state index contributed by atoms with van der Waals surface area (Å²) in [6, 6.07) is 5.53. The summed E-state index contributed by atoms with van der Waals surface area (Å²) in [6.07, 6.45) is 1.36. The van der Waals surface area contributed by atoms with Crippen LogP contribution in [-0.2, 0) is 17.1 Å². The molecule has 5 nitrogen and oxygen atoms in total. The Kier molecular flexibility index (Phi) is 3.36. The Morgan fingerprint density at radius 3 is 2.47 bits per heavy atom. The van der Waals surface area contributed by atoms with Gasteiger partial charge in [-0.05, 0) is 38.0 Å². The second-order valence-corrected chi connectivity index (χ2v) is 6.22. The van der Waals surface area contributed by atoms with Gasteiger partial charge in [-0.25, -0.2) is 8.42 Å². The van der Waals surface area contributed by atoms with E-state index in [-0.39, 0.29) is 4.90 Å². The van der Waals surface area contributed by atoms with Crippen LogP contribution in [-0.4, -0.2) is 18.2 Å². The molecule has 102 valence electrons. The number of nitrogens with one attached hydrogen (secondary N) is 1. The average Bonchev–Trinajstić information content (AvgIpc) is 2.66. The molecule has 1 aromatic heterocycles. The highest BCUT2D eigenvalue weighted by atomic mass is 32.2. The third-order valence-electron chi connectivity index (χ3n) is 3.33. The van der Waals surface area contributed by atoms with Crippen molar-refractivity contribution in [1.82, 2.24) is 9.78 Å². The van der Waals surface area contributed by atoms with Crippen molar-refractivity contribution in [2.45, 2.75) is 25.7 Å². The molecule has 2 rings (SSSR count). The molecule has 1 aromatic carbocycles. The van der Waals surface area contributed by atoms with Crippen LogP contribution in [0.3, 0.4) is 0 Å². The minimum Gasteiger partial charge on any atom is -0.279 e. The van der Waals surface area contributed by atoms with Crippen LogP contribution < -0.4 is 4.72 Å². The Labute approximate surface area is 113 Å². The van der Waals surface area contributed by atoms with Crippen molar-refractivity contribution in [2.24, 2.45) is 7.05 Å². The Balaban J connectivity index is 2.42. The van der Waals surface area contributed by atoms with E-state index in [0.29, 0.717) is 11.4 Å². The number of benzene rings is 1. The fourth-order valence-electron chi connectivity index (χ4n) is 1.80. The summed E-state index contributed by atoms with van der Waals surface area (Å²) in [7, 11) is -1.88. The fraction of sp³-hybridized carbons (Fsp3) is 0.308. The van der Waals surface area contributed by atoms with Crippen LogP contribution in [0.1, 0.15) is 16.8 Å². The molecule has 0 fully saturated rings.